The largest absolute Gasteiger partial charge is 0.586 e. The van der Waals surface area contributed by atoms with Gasteiger partial charge in [0.15, 0.2) is 21.3 Å². The number of sulfone groups is 1. The van der Waals surface area contributed by atoms with Gasteiger partial charge in [-0.1, -0.05) is 19.1 Å². The second-order valence-electron chi connectivity index (χ2n) is 9.98. The molecule has 0 spiro atoms. The number of aromatic nitrogens is 3. The van der Waals surface area contributed by atoms with Crippen molar-refractivity contribution in [3.63, 3.8) is 0 Å². The Morgan fingerprint density at radius 2 is 2.00 bits per heavy atom. The summed E-state index contributed by atoms with van der Waals surface area (Å²) in [6.45, 7) is 1.30. The molecule has 10 nitrogen and oxygen atoms in total. The minimum atomic E-state index is -3.73. The molecule has 214 valence electrons. The molecular weight excluding hydrogens is 558 g/mol. The van der Waals surface area contributed by atoms with Crippen molar-refractivity contribution in [2.75, 3.05) is 12.4 Å². The number of aliphatic hydroxyl groups excluding tert-OH is 1. The standard InChI is InChI=1S/C28H26F2N4O6S/c1-2-41(37,38)19-9-10-20(31-13-19)22(15-35)33-27(36)17-8-11-23-21(12-17)32-26(16-6-7-16)34(23)14-18-4-3-5-24-25(18)40-28(29,30)39-24/h3-5,8-13,16,22,35H,2,6-7,14-15H2,1H3,(H,33,36). The topological polar surface area (TPSA) is 133 Å². The summed E-state index contributed by atoms with van der Waals surface area (Å²) in [6.07, 6.45) is -0.620. The monoisotopic (exact) mass is 584 g/mol. The number of nitrogens with zero attached hydrogens (tertiary/aromatic N) is 3. The van der Waals surface area contributed by atoms with Crippen LogP contribution in [0.15, 0.2) is 59.6 Å². The number of para-hydroxylation sites is 1. The summed E-state index contributed by atoms with van der Waals surface area (Å²) in [6, 6.07) is 11.7. The lowest BCUT2D eigenvalue weighted by atomic mass is 10.1. The van der Waals surface area contributed by atoms with Gasteiger partial charge < -0.3 is 24.5 Å². The second-order valence-corrected chi connectivity index (χ2v) is 12.3. The number of fused-ring (bicyclic) bond motifs is 2. The Hall–Kier alpha value is -4.10. The smallest absolute Gasteiger partial charge is 0.395 e. The van der Waals surface area contributed by atoms with Crippen LogP contribution in [0.4, 0.5) is 8.78 Å². The fraction of sp³-hybridized carbons (Fsp3) is 0.321. The summed E-state index contributed by atoms with van der Waals surface area (Å²) in [7, 11) is -3.43. The van der Waals surface area contributed by atoms with E-state index in [1.54, 1.807) is 30.3 Å². The minimum Gasteiger partial charge on any atom is -0.395 e. The van der Waals surface area contributed by atoms with Crippen molar-refractivity contribution in [2.45, 2.75) is 49.5 Å². The van der Waals surface area contributed by atoms with Gasteiger partial charge in [0.2, 0.25) is 0 Å². The third kappa shape index (κ3) is 5.22. The van der Waals surface area contributed by atoms with Gasteiger partial charge in [-0.3, -0.25) is 9.78 Å². The molecule has 1 amide bonds. The second kappa shape index (κ2) is 10.1. The van der Waals surface area contributed by atoms with Crippen LogP contribution in [0.1, 0.15) is 59.2 Å². The zero-order chi connectivity index (χ0) is 28.9. The van der Waals surface area contributed by atoms with Gasteiger partial charge in [-0.15, -0.1) is 8.78 Å². The molecule has 1 fully saturated rings. The van der Waals surface area contributed by atoms with Gasteiger partial charge in [0.05, 0.1) is 46.6 Å². The lowest BCUT2D eigenvalue weighted by molar-refractivity contribution is -0.286. The van der Waals surface area contributed by atoms with Crippen LogP contribution in [-0.2, 0) is 16.4 Å². The molecule has 1 unspecified atom stereocenters. The number of nitrogens with one attached hydrogen (secondary N) is 1. The van der Waals surface area contributed by atoms with Crippen LogP contribution in [-0.4, -0.2) is 52.6 Å². The first-order valence-electron chi connectivity index (χ1n) is 13.1. The highest BCUT2D eigenvalue weighted by Crippen LogP contribution is 2.45. The average molecular weight is 585 g/mol. The lowest BCUT2D eigenvalue weighted by Gasteiger charge is -2.16. The number of amides is 1. The molecule has 4 aromatic rings. The molecule has 41 heavy (non-hydrogen) atoms. The van der Waals surface area contributed by atoms with Gasteiger partial charge in [-0.25, -0.2) is 13.4 Å². The fourth-order valence-electron chi connectivity index (χ4n) is 4.83. The summed E-state index contributed by atoms with van der Waals surface area (Å²) < 4.78 is 62.9. The first-order chi connectivity index (χ1) is 19.6. The predicted octanol–water partition coefficient (Wildman–Crippen LogP) is 3.94. The third-order valence-electron chi connectivity index (χ3n) is 7.16. The van der Waals surface area contributed by atoms with Gasteiger partial charge in [-0.2, -0.15) is 0 Å². The number of carbonyl (C=O) groups excluding carboxylic acids is 1. The molecule has 0 saturated heterocycles. The Kier molecular flexibility index (Phi) is 6.65. The molecule has 1 aliphatic heterocycles. The van der Waals surface area contributed by atoms with E-state index in [9.17, 15) is 27.1 Å². The molecule has 0 radical (unpaired) electrons. The average Bonchev–Trinajstić information content (AvgIpc) is 3.67. The van der Waals surface area contributed by atoms with Crippen molar-refractivity contribution in [3.8, 4) is 11.5 Å². The van der Waals surface area contributed by atoms with Crippen LogP contribution in [0, 0.1) is 0 Å². The highest BCUT2D eigenvalue weighted by molar-refractivity contribution is 7.91. The molecule has 0 bridgehead atoms. The number of halogens is 2. The molecule has 2 aliphatic rings. The lowest BCUT2D eigenvalue weighted by Crippen LogP contribution is -2.31. The molecule has 3 heterocycles. The van der Waals surface area contributed by atoms with E-state index in [1.165, 1.54) is 31.3 Å². The minimum absolute atomic E-state index is 0.0129. The number of aliphatic hydroxyl groups is 1. The van der Waals surface area contributed by atoms with Crippen molar-refractivity contribution in [1.29, 1.82) is 0 Å². The van der Waals surface area contributed by atoms with Gasteiger partial charge in [-0.05, 0) is 49.2 Å². The molecule has 2 aromatic heterocycles. The van der Waals surface area contributed by atoms with E-state index in [0.717, 1.165) is 24.2 Å². The highest BCUT2D eigenvalue weighted by Gasteiger charge is 2.44. The number of hydrogen-bond acceptors (Lipinski definition) is 8. The predicted molar refractivity (Wildman–Crippen MR) is 143 cm³/mol. The third-order valence-corrected chi connectivity index (χ3v) is 8.88. The van der Waals surface area contributed by atoms with Gasteiger partial charge in [0, 0.05) is 23.2 Å². The maximum atomic E-state index is 13.7. The molecule has 1 saturated carbocycles. The Morgan fingerprint density at radius 3 is 2.68 bits per heavy atom. The first kappa shape index (κ1) is 27.1. The summed E-state index contributed by atoms with van der Waals surface area (Å²) in [4.78, 5) is 22.1. The van der Waals surface area contributed by atoms with E-state index in [1.807, 2.05) is 4.57 Å². The Bertz CT molecular complexity index is 1750. The van der Waals surface area contributed by atoms with E-state index < -0.39 is 34.7 Å². The van der Waals surface area contributed by atoms with Crippen LogP contribution in [0.25, 0.3) is 11.0 Å². The molecule has 2 N–H and O–H groups in total. The number of carbonyl (C=O) groups is 1. The van der Waals surface area contributed by atoms with E-state index in [4.69, 9.17) is 9.72 Å². The Balaban J connectivity index is 1.26. The molecule has 13 heteroatoms. The van der Waals surface area contributed by atoms with Crippen LogP contribution >= 0.6 is 0 Å². The van der Waals surface area contributed by atoms with Crippen LogP contribution in [0.5, 0.6) is 11.5 Å². The molecule has 1 aliphatic carbocycles. The van der Waals surface area contributed by atoms with Crippen molar-refractivity contribution in [2.24, 2.45) is 0 Å². The maximum Gasteiger partial charge on any atom is 0.586 e. The molecular formula is C28H26F2N4O6S. The fourth-order valence-corrected chi connectivity index (χ4v) is 5.65. The normalized spacial score (nSPS) is 16.6. The van der Waals surface area contributed by atoms with Crippen molar-refractivity contribution >= 4 is 26.8 Å². The van der Waals surface area contributed by atoms with E-state index in [0.29, 0.717) is 22.3 Å². The highest BCUT2D eigenvalue weighted by atomic mass is 32.2. The summed E-state index contributed by atoms with van der Waals surface area (Å²) in [5, 5.41) is 12.6. The number of imidazole rings is 1. The Labute approximate surface area is 233 Å². The number of rotatable bonds is 9. The Morgan fingerprint density at radius 1 is 1.20 bits per heavy atom. The van der Waals surface area contributed by atoms with Crippen molar-refractivity contribution < 1.29 is 36.6 Å². The summed E-state index contributed by atoms with van der Waals surface area (Å²) in [5.74, 6) is 0.425. The summed E-state index contributed by atoms with van der Waals surface area (Å²) in [5.41, 5.74) is 2.40. The van der Waals surface area contributed by atoms with E-state index >= 15 is 0 Å². The quantitative estimate of drug-likeness (QED) is 0.302. The molecule has 6 rings (SSSR count). The van der Waals surface area contributed by atoms with E-state index in [2.05, 4.69) is 15.0 Å². The van der Waals surface area contributed by atoms with Crippen molar-refractivity contribution in [1.82, 2.24) is 19.9 Å². The summed E-state index contributed by atoms with van der Waals surface area (Å²) >= 11 is 0. The van der Waals surface area contributed by atoms with Gasteiger partial charge >= 0.3 is 6.29 Å². The van der Waals surface area contributed by atoms with Crippen LogP contribution in [0.3, 0.4) is 0 Å². The van der Waals surface area contributed by atoms with Crippen LogP contribution in [0.2, 0.25) is 0 Å². The zero-order valence-corrected chi connectivity index (χ0v) is 22.7. The number of benzene rings is 2. The molecule has 2 aromatic carbocycles. The molecule has 1 atom stereocenters. The SMILES string of the molecule is CCS(=O)(=O)c1ccc(C(CO)NC(=O)c2ccc3c(c2)nc(C2CC2)n3Cc2cccc3c2OC(F)(F)O3)nc1. The zero-order valence-electron chi connectivity index (χ0n) is 21.9. The number of alkyl halides is 2. The first-order valence-corrected chi connectivity index (χ1v) is 14.7. The number of pyridine rings is 1. The van der Waals surface area contributed by atoms with Crippen LogP contribution < -0.4 is 14.8 Å². The van der Waals surface area contributed by atoms with E-state index in [-0.39, 0.29) is 34.6 Å². The van der Waals surface area contributed by atoms with Gasteiger partial charge in [0.1, 0.15) is 5.82 Å². The van der Waals surface area contributed by atoms with Crippen molar-refractivity contribution in [3.05, 3.63) is 77.4 Å². The van der Waals surface area contributed by atoms with Gasteiger partial charge in [0.25, 0.3) is 5.91 Å². The maximum absolute atomic E-state index is 13.7. The number of hydrogen-bond donors (Lipinski definition) is 2. The number of ether oxygens (including phenoxy) is 2.